The van der Waals surface area contributed by atoms with Crippen LogP contribution < -0.4 is 15.4 Å². The average molecular weight is 330 g/mol. The highest BCUT2D eigenvalue weighted by Gasteiger charge is 2.10. The molecule has 0 radical (unpaired) electrons. The zero-order chi connectivity index (χ0) is 17.5. The Balaban J connectivity index is 2.08. The van der Waals surface area contributed by atoms with Gasteiger partial charge in [0, 0.05) is 43.2 Å². The Labute approximate surface area is 143 Å². The van der Waals surface area contributed by atoms with Gasteiger partial charge in [-0.3, -0.25) is 4.68 Å². The zero-order valence-electron chi connectivity index (χ0n) is 15.1. The van der Waals surface area contributed by atoms with Gasteiger partial charge in [0.2, 0.25) is 5.88 Å². The molecule has 0 amide bonds. The van der Waals surface area contributed by atoms with E-state index in [9.17, 15) is 0 Å². The van der Waals surface area contributed by atoms with E-state index in [2.05, 4.69) is 32.6 Å². The fourth-order valence-electron chi connectivity index (χ4n) is 2.48. The van der Waals surface area contributed by atoms with Crippen molar-refractivity contribution in [1.82, 2.24) is 25.4 Å². The van der Waals surface area contributed by atoms with Crippen LogP contribution in [0.4, 0.5) is 0 Å². The highest BCUT2D eigenvalue weighted by Crippen LogP contribution is 2.14. The number of nitrogens with zero attached hydrogens (tertiary/aromatic N) is 4. The smallest absolute Gasteiger partial charge is 0.218 e. The summed E-state index contributed by atoms with van der Waals surface area (Å²) in [6.07, 6.45) is 1.71. The largest absolute Gasteiger partial charge is 0.481 e. The molecule has 0 saturated carbocycles. The molecule has 2 aromatic rings. The number of hydrogen-bond acceptors (Lipinski definition) is 4. The topological polar surface area (TPSA) is 76.4 Å². The van der Waals surface area contributed by atoms with Crippen molar-refractivity contribution >= 4 is 5.96 Å². The fraction of sp³-hybridized carbons (Fsp3) is 0.471. The molecule has 2 heterocycles. The Morgan fingerprint density at radius 3 is 2.75 bits per heavy atom. The first-order valence-corrected chi connectivity index (χ1v) is 8.06. The van der Waals surface area contributed by atoms with Gasteiger partial charge in [-0.15, -0.1) is 0 Å². The number of guanidine groups is 1. The van der Waals surface area contributed by atoms with Crippen molar-refractivity contribution < 1.29 is 4.74 Å². The van der Waals surface area contributed by atoms with Gasteiger partial charge >= 0.3 is 0 Å². The van der Waals surface area contributed by atoms with E-state index >= 15 is 0 Å². The minimum Gasteiger partial charge on any atom is -0.481 e. The normalized spacial score (nSPS) is 11.5. The average Bonchev–Trinajstić information content (AvgIpc) is 2.83. The molecule has 0 aliphatic heterocycles. The van der Waals surface area contributed by atoms with E-state index in [1.165, 1.54) is 5.56 Å². The molecule has 0 bridgehead atoms. The summed E-state index contributed by atoms with van der Waals surface area (Å²) in [5, 5.41) is 11.1. The van der Waals surface area contributed by atoms with Crippen molar-refractivity contribution in [1.29, 1.82) is 0 Å². The molecule has 2 rings (SSSR count). The van der Waals surface area contributed by atoms with Crippen molar-refractivity contribution in [3.05, 3.63) is 40.8 Å². The van der Waals surface area contributed by atoms with Crippen LogP contribution in [-0.2, 0) is 20.1 Å². The van der Waals surface area contributed by atoms with Gasteiger partial charge in [-0.05, 0) is 26.8 Å². The molecule has 2 aromatic heterocycles. The summed E-state index contributed by atoms with van der Waals surface area (Å²) in [6, 6.07) is 3.85. The molecule has 0 spiro atoms. The molecule has 0 aliphatic rings. The number of ether oxygens (including phenoxy) is 1. The molecule has 130 valence electrons. The monoisotopic (exact) mass is 330 g/mol. The quantitative estimate of drug-likeness (QED) is 0.623. The predicted molar refractivity (Wildman–Crippen MR) is 95.1 cm³/mol. The third-order valence-corrected chi connectivity index (χ3v) is 3.89. The Hall–Kier alpha value is -2.57. The van der Waals surface area contributed by atoms with Gasteiger partial charge in [0.1, 0.15) is 0 Å². The number of hydrogen-bond donors (Lipinski definition) is 2. The number of rotatable bonds is 6. The number of methoxy groups -OCH3 is 1. The SMILES string of the molecule is CCNC(=NCc1cccnc1OC)NCc1c(C)nn(C)c1C. The summed E-state index contributed by atoms with van der Waals surface area (Å²) in [7, 11) is 3.58. The van der Waals surface area contributed by atoms with Gasteiger partial charge in [-0.25, -0.2) is 9.98 Å². The number of aryl methyl sites for hydroxylation is 2. The minimum atomic E-state index is 0.497. The first-order valence-electron chi connectivity index (χ1n) is 8.06. The lowest BCUT2D eigenvalue weighted by Crippen LogP contribution is -2.37. The lowest BCUT2D eigenvalue weighted by atomic mass is 10.2. The molecule has 7 heteroatoms. The maximum Gasteiger partial charge on any atom is 0.218 e. The Morgan fingerprint density at radius 1 is 1.33 bits per heavy atom. The van der Waals surface area contributed by atoms with Crippen LogP contribution in [0.5, 0.6) is 5.88 Å². The highest BCUT2D eigenvalue weighted by molar-refractivity contribution is 5.79. The summed E-state index contributed by atoms with van der Waals surface area (Å²) >= 11 is 0. The van der Waals surface area contributed by atoms with Gasteiger partial charge in [-0.2, -0.15) is 5.10 Å². The Morgan fingerprint density at radius 2 is 2.12 bits per heavy atom. The first kappa shape index (κ1) is 17.8. The third-order valence-electron chi connectivity index (χ3n) is 3.89. The molecule has 0 saturated heterocycles. The number of pyridine rings is 1. The molecule has 7 nitrogen and oxygen atoms in total. The van der Waals surface area contributed by atoms with E-state index in [0.717, 1.165) is 29.5 Å². The third kappa shape index (κ3) is 4.24. The van der Waals surface area contributed by atoms with Crippen LogP contribution in [0.1, 0.15) is 29.4 Å². The summed E-state index contributed by atoms with van der Waals surface area (Å²) in [5.74, 6) is 1.36. The standard InChI is InChI=1S/C17H26N6O/c1-6-18-17(20-10-14-8-7-9-19-16(14)24-5)21-11-15-12(2)22-23(4)13(15)3/h7-9H,6,10-11H2,1-5H3,(H2,18,20,21). The van der Waals surface area contributed by atoms with Gasteiger partial charge in [0.15, 0.2) is 5.96 Å². The van der Waals surface area contributed by atoms with Gasteiger partial charge < -0.3 is 15.4 Å². The van der Waals surface area contributed by atoms with Crippen LogP contribution in [0, 0.1) is 13.8 Å². The molecular formula is C17H26N6O. The molecule has 0 unspecified atom stereocenters. The van der Waals surface area contributed by atoms with Crippen molar-refractivity contribution in [3.63, 3.8) is 0 Å². The van der Waals surface area contributed by atoms with Crippen LogP contribution in [-0.4, -0.2) is 34.4 Å². The number of aromatic nitrogens is 3. The van der Waals surface area contributed by atoms with Crippen LogP contribution in [0.3, 0.4) is 0 Å². The van der Waals surface area contributed by atoms with E-state index < -0.39 is 0 Å². The van der Waals surface area contributed by atoms with Crippen LogP contribution in [0.15, 0.2) is 23.3 Å². The van der Waals surface area contributed by atoms with E-state index in [4.69, 9.17) is 4.74 Å². The summed E-state index contributed by atoms with van der Waals surface area (Å²) in [5.41, 5.74) is 4.34. The highest BCUT2D eigenvalue weighted by atomic mass is 16.5. The second-order valence-electron chi connectivity index (χ2n) is 5.49. The second-order valence-corrected chi connectivity index (χ2v) is 5.49. The molecule has 0 atom stereocenters. The second kappa shape index (κ2) is 8.33. The number of nitrogens with one attached hydrogen (secondary N) is 2. The van der Waals surface area contributed by atoms with Crippen molar-refractivity contribution in [2.24, 2.45) is 12.0 Å². The molecule has 0 aromatic carbocycles. The first-order chi connectivity index (χ1) is 11.6. The zero-order valence-corrected chi connectivity index (χ0v) is 15.1. The van der Waals surface area contributed by atoms with Crippen molar-refractivity contribution in [2.45, 2.75) is 33.9 Å². The van der Waals surface area contributed by atoms with E-state index in [-0.39, 0.29) is 0 Å². The molecular weight excluding hydrogens is 304 g/mol. The van der Waals surface area contributed by atoms with Crippen LogP contribution in [0.2, 0.25) is 0 Å². The van der Waals surface area contributed by atoms with E-state index in [1.807, 2.05) is 37.7 Å². The van der Waals surface area contributed by atoms with Crippen molar-refractivity contribution in [3.8, 4) is 5.88 Å². The molecule has 0 fully saturated rings. The van der Waals surface area contributed by atoms with Crippen LogP contribution in [0.25, 0.3) is 0 Å². The summed E-state index contributed by atoms with van der Waals surface area (Å²) in [6.45, 7) is 8.11. The molecule has 24 heavy (non-hydrogen) atoms. The van der Waals surface area contributed by atoms with Gasteiger partial charge in [0.05, 0.1) is 19.3 Å². The lowest BCUT2D eigenvalue weighted by molar-refractivity contribution is 0.392. The van der Waals surface area contributed by atoms with Gasteiger partial charge in [-0.1, -0.05) is 6.07 Å². The Kier molecular flexibility index (Phi) is 6.17. The van der Waals surface area contributed by atoms with E-state index in [0.29, 0.717) is 19.0 Å². The van der Waals surface area contributed by atoms with Crippen LogP contribution >= 0.6 is 0 Å². The summed E-state index contributed by atoms with van der Waals surface area (Å²) in [4.78, 5) is 8.82. The van der Waals surface area contributed by atoms with Crippen molar-refractivity contribution in [2.75, 3.05) is 13.7 Å². The van der Waals surface area contributed by atoms with E-state index in [1.54, 1.807) is 13.3 Å². The molecule has 2 N–H and O–H groups in total. The number of aliphatic imine (C=N–C) groups is 1. The molecule has 0 aliphatic carbocycles. The summed E-state index contributed by atoms with van der Waals surface area (Å²) < 4.78 is 7.17. The fourth-order valence-corrected chi connectivity index (χ4v) is 2.48. The Bertz CT molecular complexity index is 707. The predicted octanol–water partition coefficient (Wildman–Crippen LogP) is 1.70. The minimum absolute atomic E-state index is 0.497. The van der Waals surface area contributed by atoms with Gasteiger partial charge in [0.25, 0.3) is 0 Å². The lowest BCUT2D eigenvalue weighted by Gasteiger charge is -2.12. The maximum atomic E-state index is 5.27. The maximum absolute atomic E-state index is 5.27.